The molecule has 1 spiro atoms. The largest absolute Gasteiger partial charge is 0.469 e. The summed E-state index contributed by atoms with van der Waals surface area (Å²) in [6.45, 7) is 6.98. The van der Waals surface area contributed by atoms with Crippen LogP contribution in [0.1, 0.15) is 38.7 Å². The number of likely N-dealkylation sites (tertiary alicyclic amines) is 1. The number of hydrogen-bond donors (Lipinski definition) is 0. The van der Waals surface area contributed by atoms with E-state index >= 15 is 0 Å². The molecule has 1 amide bonds. The molecule has 1 atom stereocenters. The summed E-state index contributed by atoms with van der Waals surface area (Å²) >= 11 is 0. The molecule has 6 nitrogen and oxygen atoms in total. The highest BCUT2D eigenvalue weighted by Crippen LogP contribution is 2.44. The lowest BCUT2D eigenvalue weighted by Gasteiger charge is -2.45. The summed E-state index contributed by atoms with van der Waals surface area (Å²) in [7, 11) is 1.39. The zero-order chi connectivity index (χ0) is 22.7. The Kier molecular flexibility index (Phi) is 6.63. The Hall–Kier alpha value is -2.70. The molecule has 0 N–H and O–H groups in total. The van der Waals surface area contributed by atoms with Crippen LogP contribution in [0.5, 0.6) is 0 Å². The van der Waals surface area contributed by atoms with Gasteiger partial charge in [0.25, 0.3) is 0 Å². The molecule has 2 heterocycles. The predicted molar refractivity (Wildman–Crippen MR) is 124 cm³/mol. The number of nitrogens with zero attached hydrogens (tertiary/aromatic N) is 2. The van der Waals surface area contributed by atoms with Crippen molar-refractivity contribution in [3.8, 4) is 0 Å². The summed E-state index contributed by atoms with van der Waals surface area (Å²) in [6, 6.07) is 14.3. The third-order valence-electron chi connectivity index (χ3n) is 7.01. The zero-order valence-corrected chi connectivity index (χ0v) is 19.2. The van der Waals surface area contributed by atoms with Gasteiger partial charge in [0, 0.05) is 26.1 Å². The number of carbonyl (C=O) groups is 2. The van der Waals surface area contributed by atoms with Crippen LogP contribution in [-0.4, -0.2) is 54.1 Å². The number of ether oxygens (including phenoxy) is 1. The quantitative estimate of drug-likeness (QED) is 0.504. The highest BCUT2D eigenvalue weighted by molar-refractivity contribution is 5.88. The Balaban J connectivity index is 1.53. The molecule has 2 fully saturated rings. The van der Waals surface area contributed by atoms with Crippen LogP contribution in [0.3, 0.4) is 0 Å². The van der Waals surface area contributed by atoms with Crippen LogP contribution >= 0.6 is 0 Å². The zero-order valence-electron chi connectivity index (χ0n) is 19.2. The number of piperidine rings is 1. The molecule has 2 aromatic rings. The van der Waals surface area contributed by atoms with E-state index in [1.807, 2.05) is 25.1 Å². The smallest absolute Gasteiger partial charge is 0.311 e. The standard InChI is InChI=1S/C26H32N2O4/c1-4-19(2)17-27-13-11-26(12-14-27)23(25(30)31-3)16-24(29)28(26)32-18-20-9-10-21-7-5-6-8-22(21)15-20/h4-10,15,23H,11-14,16-18H2,1-3H3/b19-4+. The van der Waals surface area contributed by atoms with Crippen molar-refractivity contribution in [2.24, 2.45) is 5.92 Å². The van der Waals surface area contributed by atoms with Gasteiger partial charge in [-0.25, -0.2) is 5.06 Å². The van der Waals surface area contributed by atoms with E-state index in [-0.39, 0.29) is 24.9 Å². The lowest BCUT2D eigenvalue weighted by molar-refractivity contribution is -0.229. The Bertz CT molecular complexity index is 1020. The van der Waals surface area contributed by atoms with E-state index in [0.29, 0.717) is 12.8 Å². The monoisotopic (exact) mass is 436 g/mol. The maximum Gasteiger partial charge on any atom is 0.311 e. The number of allylic oxidation sites excluding steroid dienone is 1. The first-order valence-corrected chi connectivity index (χ1v) is 11.3. The molecule has 0 saturated carbocycles. The van der Waals surface area contributed by atoms with E-state index in [0.717, 1.165) is 30.6 Å². The molecule has 0 aliphatic carbocycles. The van der Waals surface area contributed by atoms with E-state index in [9.17, 15) is 9.59 Å². The van der Waals surface area contributed by atoms with Crippen LogP contribution in [0, 0.1) is 5.92 Å². The number of rotatable bonds is 6. The predicted octanol–water partition coefficient (Wildman–Crippen LogP) is 4.09. The SMILES string of the molecule is C/C=C(\C)CN1CCC2(CC1)C(C(=O)OC)CC(=O)N2OCc1ccc2ccccc2c1. The number of carbonyl (C=O) groups excluding carboxylic acids is 2. The first-order chi connectivity index (χ1) is 15.5. The lowest BCUT2D eigenvalue weighted by atomic mass is 9.77. The lowest BCUT2D eigenvalue weighted by Crippen LogP contribution is -2.57. The molecule has 6 heteroatoms. The minimum atomic E-state index is -0.651. The van der Waals surface area contributed by atoms with E-state index in [1.54, 1.807) is 0 Å². The average Bonchev–Trinajstić information content (AvgIpc) is 3.09. The highest BCUT2D eigenvalue weighted by atomic mass is 16.7. The van der Waals surface area contributed by atoms with Crippen molar-refractivity contribution in [1.29, 1.82) is 0 Å². The third-order valence-corrected chi connectivity index (χ3v) is 7.01. The number of fused-ring (bicyclic) bond motifs is 1. The average molecular weight is 437 g/mol. The van der Waals surface area contributed by atoms with Crippen LogP contribution in [0.25, 0.3) is 10.8 Å². The Morgan fingerprint density at radius 2 is 1.88 bits per heavy atom. The molecule has 4 rings (SSSR count). The van der Waals surface area contributed by atoms with Crippen molar-refractivity contribution in [2.45, 2.75) is 45.3 Å². The highest BCUT2D eigenvalue weighted by Gasteiger charge is 2.58. The molecule has 2 aliphatic heterocycles. The Morgan fingerprint density at radius 1 is 1.16 bits per heavy atom. The summed E-state index contributed by atoms with van der Waals surface area (Å²) in [6.07, 6.45) is 3.64. The van der Waals surface area contributed by atoms with Gasteiger partial charge in [-0.15, -0.1) is 0 Å². The number of amides is 1. The molecule has 2 saturated heterocycles. The van der Waals surface area contributed by atoms with Gasteiger partial charge >= 0.3 is 5.97 Å². The molecular formula is C26H32N2O4. The second kappa shape index (κ2) is 9.43. The van der Waals surface area contributed by atoms with E-state index in [2.05, 4.69) is 42.2 Å². The second-order valence-corrected chi connectivity index (χ2v) is 8.94. The Morgan fingerprint density at radius 3 is 2.56 bits per heavy atom. The summed E-state index contributed by atoms with van der Waals surface area (Å²) in [4.78, 5) is 34.1. The van der Waals surface area contributed by atoms with Crippen LogP contribution in [0.4, 0.5) is 0 Å². The molecule has 1 unspecified atom stereocenters. The fraction of sp³-hybridized carbons (Fsp3) is 0.462. The van der Waals surface area contributed by atoms with Crippen molar-refractivity contribution in [2.75, 3.05) is 26.7 Å². The molecule has 32 heavy (non-hydrogen) atoms. The molecule has 2 aliphatic rings. The first-order valence-electron chi connectivity index (χ1n) is 11.3. The fourth-order valence-corrected chi connectivity index (χ4v) is 5.04. The minimum absolute atomic E-state index is 0.137. The van der Waals surface area contributed by atoms with Gasteiger partial charge in [0.05, 0.1) is 18.6 Å². The summed E-state index contributed by atoms with van der Waals surface area (Å²) in [5, 5.41) is 3.82. The van der Waals surface area contributed by atoms with Gasteiger partial charge in [-0.1, -0.05) is 48.0 Å². The van der Waals surface area contributed by atoms with Gasteiger partial charge < -0.3 is 4.74 Å². The summed E-state index contributed by atoms with van der Waals surface area (Å²) in [5.74, 6) is -0.964. The molecule has 0 bridgehead atoms. The molecular weight excluding hydrogens is 404 g/mol. The molecule has 0 aromatic heterocycles. The van der Waals surface area contributed by atoms with Gasteiger partial charge in [-0.05, 0) is 49.1 Å². The van der Waals surface area contributed by atoms with Crippen molar-refractivity contribution in [3.05, 3.63) is 59.7 Å². The number of hydroxylamine groups is 2. The maximum atomic E-state index is 13.0. The minimum Gasteiger partial charge on any atom is -0.469 e. The van der Waals surface area contributed by atoms with Crippen LogP contribution < -0.4 is 0 Å². The van der Waals surface area contributed by atoms with Gasteiger partial charge in [0.1, 0.15) is 6.61 Å². The van der Waals surface area contributed by atoms with E-state index in [4.69, 9.17) is 9.57 Å². The number of esters is 1. The van der Waals surface area contributed by atoms with Crippen molar-refractivity contribution in [1.82, 2.24) is 9.96 Å². The fourth-order valence-electron chi connectivity index (χ4n) is 5.04. The molecule has 0 radical (unpaired) electrons. The summed E-state index contributed by atoms with van der Waals surface area (Å²) in [5.41, 5.74) is 1.66. The topological polar surface area (TPSA) is 59.1 Å². The number of benzene rings is 2. The van der Waals surface area contributed by atoms with Crippen molar-refractivity contribution >= 4 is 22.6 Å². The van der Waals surface area contributed by atoms with Gasteiger partial charge in [0.2, 0.25) is 5.91 Å². The van der Waals surface area contributed by atoms with Gasteiger partial charge in [0.15, 0.2) is 0 Å². The van der Waals surface area contributed by atoms with E-state index in [1.165, 1.54) is 23.1 Å². The number of hydrogen-bond acceptors (Lipinski definition) is 5. The van der Waals surface area contributed by atoms with Crippen molar-refractivity contribution < 1.29 is 19.2 Å². The van der Waals surface area contributed by atoms with Gasteiger partial charge in [-0.2, -0.15) is 0 Å². The number of methoxy groups -OCH3 is 1. The summed E-state index contributed by atoms with van der Waals surface area (Å²) < 4.78 is 5.08. The van der Waals surface area contributed by atoms with Crippen LogP contribution in [-0.2, 0) is 25.8 Å². The van der Waals surface area contributed by atoms with E-state index < -0.39 is 11.5 Å². The molecule has 2 aromatic carbocycles. The van der Waals surface area contributed by atoms with Gasteiger partial charge in [-0.3, -0.25) is 19.3 Å². The maximum absolute atomic E-state index is 13.0. The Labute approximate surface area is 189 Å². The van der Waals surface area contributed by atoms with Crippen LogP contribution in [0.15, 0.2) is 54.1 Å². The second-order valence-electron chi connectivity index (χ2n) is 8.94. The van der Waals surface area contributed by atoms with Crippen molar-refractivity contribution in [3.63, 3.8) is 0 Å². The first kappa shape index (κ1) is 22.5. The normalized spacial score (nSPS) is 21.5. The van der Waals surface area contributed by atoms with Crippen LogP contribution in [0.2, 0.25) is 0 Å². The third kappa shape index (κ3) is 4.30. The molecule has 170 valence electrons.